The third kappa shape index (κ3) is 4.59. The number of aromatic nitrogens is 4. The van der Waals surface area contributed by atoms with E-state index in [0.29, 0.717) is 6.54 Å². The van der Waals surface area contributed by atoms with Gasteiger partial charge >= 0.3 is 6.18 Å². The molecular formula is C21H12Cl3F3N6O3. The largest absolute Gasteiger partial charge is 0.417 e. The lowest BCUT2D eigenvalue weighted by atomic mass is 10.1. The molecule has 2 amide bonds. The molecule has 0 saturated carbocycles. The van der Waals surface area contributed by atoms with Crippen molar-refractivity contribution in [2.75, 3.05) is 6.54 Å². The van der Waals surface area contributed by atoms with E-state index in [9.17, 15) is 22.8 Å². The second-order valence-electron chi connectivity index (χ2n) is 7.85. The number of nitrogens with zero attached hydrogens (tertiary/aromatic N) is 4. The van der Waals surface area contributed by atoms with Crippen molar-refractivity contribution < 1.29 is 27.3 Å². The fraction of sp³-hybridized carbons (Fsp3) is 0.190. The average Bonchev–Trinajstić information content (AvgIpc) is 3.54. The van der Waals surface area contributed by atoms with Gasteiger partial charge in [-0.1, -0.05) is 40.0 Å². The molecule has 1 aromatic carbocycles. The number of pyridine rings is 1. The minimum Gasteiger partial charge on any atom is -0.354 e. The Morgan fingerprint density at radius 3 is 2.58 bits per heavy atom. The smallest absolute Gasteiger partial charge is 0.354 e. The molecule has 4 aromatic rings. The van der Waals surface area contributed by atoms with Crippen LogP contribution in [-0.2, 0) is 11.0 Å². The highest BCUT2D eigenvalue weighted by Gasteiger charge is 2.32. The quantitative estimate of drug-likeness (QED) is 0.376. The second kappa shape index (κ2) is 8.95. The van der Waals surface area contributed by atoms with E-state index in [4.69, 9.17) is 39.3 Å². The minimum atomic E-state index is -4.59. The molecule has 1 aliphatic heterocycles. The van der Waals surface area contributed by atoms with Crippen LogP contribution < -0.4 is 10.6 Å². The number of alkyl halides is 3. The Hall–Kier alpha value is -3.35. The van der Waals surface area contributed by atoms with Gasteiger partial charge in [0.1, 0.15) is 5.69 Å². The monoisotopic (exact) mass is 558 g/mol. The van der Waals surface area contributed by atoms with Crippen molar-refractivity contribution in [2.24, 2.45) is 0 Å². The van der Waals surface area contributed by atoms with E-state index in [1.807, 2.05) is 0 Å². The number of amides is 2. The van der Waals surface area contributed by atoms with E-state index in [1.165, 1.54) is 18.3 Å². The number of nitrogens with one attached hydrogen (secondary N) is 2. The van der Waals surface area contributed by atoms with Crippen LogP contribution in [0.2, 0.25) is 15.1 Å². The van der Waals surface area contributed by atoms with Crippen LogP contribution in [0.25, 0.3) is 28.6 Å². The Morgan fingerprint density at radius 2 is 1.89 bits per heavy atom. The van der Waals surface area contributed by atoms with Crippen LogP contribution in [0.4, 0.5) is 13.2 Å². The van der Waals surface area contributed by atoms with E-state index < -0.39 is 17.6 Å². The predicted molar refractivity (Wildman–Crippen MR) is 123 cm³/mol. The summed E-state index contributed by atoms with van der Waals surface area (Å²) in [5.74, 6) is -0.774. The molecule has 1 aliphatic rings. The summed E-state index contributed by atoms with van der Waals surface area (Å²) in [6.45, 7) is 0.311. The van der Waals surface area contributed by atoms with E-state index >= 15 is 0 Å². The number of hydrogen-bond acceptors (Lipinski definition) is 6. The van der Waals surface area contributed by atoms with Gasteiger partial charge in [-0.2, -0.15) is 18.2 Å². The Morgan fingerprint density at radius 1 is 1.11 bits per heavy atom. The third-order valence-electron chi connectivity index (χ3n) is 5.33. The first-order chi connectivity index (χ1) is 17.0. The first kappa shape index (κ1) is 24.3. The zero-order chi connectivity index (χ0) is 25.8. The number of hydrogen-bond donors (Lipinski definition) is 2. The van der Waals surface area contributed by atoms with Crippen LogP contribution in [0, 0.1) is 0 Å². The number of benzene rings is 1. The lowest BCUT2D eigenvalue weighted by molar-refractivity contribution is -0.137. The Kier molecular flexibility index (Phi) is 6.05. The SMILES string of the molecule is O=C1CC(NC(=O)c2cc(Cl)c(-c3noc(-c4cn5cc(C(F)(F)F)cc(Cl)c5n4)n3)cc2Cl)CN1. The minimum absolute atomic E-state index is 0.00795. The Labute approximate surface area is 214 Å². The molecule has 15 heteroatoms. The van der Waals surface area contributed by atoms with Crippen LogP contribution in [-0.4, -0.2) is 43.9 Å². The van der Waals surface area contributed by atoms with E-state index in [2.05, 4.69) is 25.8 Å². The molecule has 1 saturated heterocycles. The molecule has 5 rings (SSSR count). The molecule has 0 aliphatic carbocycles. The molecule has 1 unspecified atom stereocenters. The van der Waals surface area contributed by atoms with Crippen LogP contribution in [0.5, 0.6) is 0 Å². The third-order valence-corrected chi connectivity index (χ3v) is 6.24. The molecule has 0 radical (unpaired) electrons. The summed E-state index contributed by atoms with van der Waals surface area (Å²) in [5.41, 5.74) is -0.476. The van der Waals surface area contributed by atoms with Crippen molar-refractivity contribution in [3.8, 4) is 23.0 Å². The summed E-state index contributed by atoms with van der Waals surface area (Å²) >= 11 is 18.6. The van der Waals surface area contributed by atoms with Gasteiger partial charge in [-0.05, 0) is 18.2 Å². The van der Waals surface area contributed by atoms with Gasteiger partial charge in [-0.25, -0.2) is 4.98 Å². The number of carbonyl (C=O) groups excluding carboxylic acids is 2. The van der Waals surface area contributed by atoms with Gasteiger partial charge in [-0.15, -0.1) is 0 Å². The highest BCUT2D eigenvalue weighted by molar-refractivity contribution is 6.37. The van der Waals surface area contributed by atoms with Crippen LogP contribution in [0.3, 0.4) is 0 Å². The molecule has 1 atom stereocenters. The van der Waals surface area contributed by atoms with Gasteiger partial charge in [0.05, 0.1) is 32.2 Å². The van der Waals surface area contributed by atoms with Gasteiger partial charge in [0.25, 0.3) is 11.8 Å². The number of imidazole rings is 1. The molecule has 1 fully saturated rings. The summed E-state index contributed by atoms with van der Waals surface area (Å²) in [6, 6.07) is 3.11. The molecule has 9 nitrogen and oxygen atoms in total. The van der Waals surface area contributed by atoms with Crippen LogP contribution in [0.15, 0.2) is 35.1 Å². The second-order valence-corrected chi connectivity index (χ2v) is 9.07. The summed E-state index contributed by atoms with van der Waals surface area (Å²) in [7, 11) is 0. The van der Waals surface area contributed by atoms with Crippen molar-refractivity contribution in [2.45, 2.75) is 18.6 Å². The zero-order valence-corrected chi connectivity index (χ0v) is 19.9. The van der Waals surface area contributed by atoms with Gasteiger partial charge in [-0.3, -0.25) is 9.59 Å². The fourth-order valence-corrected chi connectivity index (χ4v) is 4.37. The van der Waals surface area contributed by atoms with Crippen molar-refractivity contribution in [1.82, 2.24) is 30.2 Å². The lowest BCUT2D eigenvalue weighted by Crippen LogP contribution is -2.36. The average molecular weight is 560 g/mol. The van der Waals surface area contributed by atoms with Gasteiger partial charge < -0.3 is 19.6 Å². The summed E-state index contributed by atoms with van der Waals surface area (Å²) < 4.78 is 45.6. The molecule has 4 heterocycles. The number of fused-ring (bicyclic) bond motifs is 1. The lowest BCUT2D eigenvalue weighted by Gasteiger charge is -2.12. The molecule has 3 aromatic heterocycles. The van der Waals surface area contributed by atoms with Crippen molar-refractivity contribution in [3.63, 3.8) is 0 Å². The van der Waals surface area contributed by atoms with E-state index in [-0.39, 0.29) is 67.6 Å². The van der Waals surface area contributed by atoms with Gasteiger partial charge in [0.15, 0.2) is 5.65 Å². The maximum Gasteiger partial charge on any atom is 0.417 e. The summed E-state index contributed by atoms with van der Waals surface area (Å²) in [6.07, 6.45) is -2.33. The van der Waals surface area contributed by atoms with Gasteiger partial charge in [0, 0.05) is 30.9 Å². The predicted octanol–water partition coefficient (Wildman–Crippen LogP) is 4.65. The van der Waals surface area contributed by atoms with Crippen molar-refractivity contribution in [1.29, 1.82) is 0 Å². The highest BCUT2D eigenvalue weighted by Crippen LogP contribution is 2.35. The zero-order valence-electron chi connectivity index (χ0n) is 17.7. The van der Waals surface area contributed by atoms with Crippen molar-refractivity contribution in [3.05, 3.63) is 56.8 Å². The first-order valence-corrected chi connectivity index (χ1v) is 11.3. The Balaban J connectivity index is 1.43. The molecular weight excluding hydrogens is 548 g/mol. The fourth-order valence-electron chi connectivity index (χ4n) is 3.61. The maximum atomic E-state index is 13.1. The topological polar surface area (TPSA) is 114 Å². The van der Waals surface area contributed by atoms with Crippen LogP contribution >= 0.6 is 34.8 Å². The molecule has 0 spiro atoms. The van der Waals surface area contributed by atoms with Gasteiger partial charge in [0.2, 0.25) is 11.7 Å². The molecule has 0 bridgehead atoms. The summed E-state index contributed by atoms with van der Waals surface area (Å²) in [4.78, 5) is 32.3. The summed E-state index contributed by atoms with van der Waals surface area (Å²) in [5, 5.41) is 9.09. The Bertz CT molecular complexity index is 1530. The molecule has 2 N–H and O–H groups in total. The molecule has 36 heavy (non-hydrogen) atoms. The highest BCUT2D eigenvalue weighted by atomic mass is 35.5. The van der Waals surface area contributed by atoms with E-state index in [1.54, 1.807) is 0 Å². The first-order valence-electron chi connectivity index (χ1n) is 10.2. The maximum absolute atomic E-state index is 13.1. The normalized spacial score (nSPS) is 15.9. The number of rotatable bonds is 4. The number of halogens is 6. The van der Waals surface area contributed by atoms with Crippen LogP contribution in [0.1, 0.15) is 22.3 Å². The van der Waals surface area contributed by atoms with E-state index in [0.717, 1.165) is 16.7 Å². The van der Waals surface area contributed by atoms with Crippen molar-refractivity contribution >= 4 is 52.3 Å². The standard InChI is InChI=1S/C21H12Cl3F3N6O3/c22-12-4-11(19(35)29-9-2-16(34)28-5-9)13(23)3-10(12)17-31-20(36-32-17)15-7-33-6-8(21(25,26)27)1-14(24)18(33)30-15/h1,3-4,6-7,9H,2,5H2,(H,28,34)(H,29,35). The molecule has 186 valence electrons. The number of carbonyl (C=O) groups is 2.